The van der Waals surface area contributed by atoms with Gasteiger partial charge in [-0.1, -0.05) is 25.5 Å². The number of methoxy groups -OCH3 is 2. The van der Waals surface area contributed by atoms with Crippen LogP contribution in [-0.2, 0) is 21.2 Å². The number of aryl methyl sites for hydroxylation is 1. The van der Waals surface area contributed by atoms with Crippen molar-refractivity contribution in [2.45, 2.75) is 43.9 Å². The number of carbonyl (C=O) groups is 1. The van der Waals surface area contributed by atoms with E-state index in [-0.39, 0.29) is 16.7 Å². The number of sulfonamides is 1. The van der Waals surface area contributed by atoms with Gasteiger partial charge in [0.25, 0.3) is 0 Å². The number of unbranched alkanes of at least 4 members (excludes halogenated alkanes) is 1. The van der Waals surface area contributed by atoms with E-state index in [1.54, 1.807) is 6.07 Å². The Morgan fingerprint density at radius 3 is 2.28 bits per heavy atom. The number of ether oxygens (including phenoxy) is 2. The van der Waals surface area contributed by atoms with Crippen molar-refractivity contribution in [3.8, 4) is 11.5 Å². The highest BCUT2D eigenvalue weighted by atomic mass is 32.2. The van der Waals surface area contributed by atoms with Gasteiger partial charge >= 0.3 is 0 Å². The van der Waals surface area contributed by atoms with Gasteiger partial charge in [0.05, 0.1) is 19.1 Å². The second-order valence-electron chi connectivity index (χ2n) is 7.98. The Labute approximate surface area is 190 Å². The van der Waals surface area contributed by atoms with E-state index in [4.69, 9.17) is 9.47 Å². The Hall–Kier alpha value is -2.58. The number of anilines is 1. The Balaban J connectivity index is 1.58. The number of piperidine rings is 1. The van der Waals surface area contributed by atoms with E-state index < -0.39 is 10.0 Å². The van der Waals surface area contributed by atoms with Crippen molar-refractivity contribution in [3.63, 3.8) is 0 Å². The van der Waals surface area contributed by atoms with Gasteiger partial charge in [-0.05, 0) is 55.5 Å². The zero-order valence-corrected chi connectivity index (χ0v) is 19.8. The molecule has 174 valence electrons. The fraction of sp³-hybridized carbons (Fsp3) is 0.458. The molecule has 0 radical (unpaired) electrons. The highest BCUT2D eigenvalue weighted by Crippen LogP contribution is 2.32. The maximum absolute atomic E-state index is 13.1. The normalized spacial score (nSPS) is 15.3. The highest BCUT2D eigenvalue weighted by molar-refractivity contribution is 7.89. The fourth-order valence-corrected chi connectivity index (χ4v) is 5.35. The highest BCUT2D eigenvalue weighted by Gasteiger charge is 2.32. The van der Waals surface area contributed by atoms with E-state index in [1.165, 1.54) is 36.2 Å². The average Bonchev–Trinajstić information content (AvgIpc) is 2.83. The number of benzene rings is 2. The van der Waals surface area contributed by atoms with Crippen LogP contribution in [0.4, 0.5) is 5.69 Å². The third-order valence-corrected chi connectivity index (χ3v) is 7.75. The van der Waals surface area contributed by atoms with Crippen LogP contribution in [0.2, 0.25) is 0 Å². The number of hydrogen-bond donors (Lipinski definition) is 1. The summed E-state index contributed by atoms with van der Waals surface area (Å²) in [5.74, 6) is 0.560. The summed E-state index contributed by atoms with van der Waals surface area (Å²) in [6.45, 7) is 2.76. The van der Waals surface area contributed by atoms with E-state index in [0.717, 1.165) is 24.9 Å². The number of carbonyl (C=O) groups excluding carboxylic acids is 1. The molecule has 0 atom stereocenters. The van der Waals surface area contributed by atoms with Crippen LogP contribution in [0.15, 0.2) is 47.4 Å². The molecule has 1 heterocycles. The second kappa shape index (κ2) is 10.8. The molecule has 0 unspecified atom stereocenters. The summed E-state index contributed by atoms with van der Waals surface area (Å²) in [6.07, 6.45) is 4.30. The average molecular weight is 461 g/mol. The van der Waals surface area contributed by atoms with Gasteiger partial charge < -0.3 is 14.8 Å². The molecular formula is C24H32N2O5S. The van der Waals surface area contributed by atoms with E-state index in [9.17, 15) is 13.2 Å². The van der Waals surface area contributed by atoms with Crippen LogP contribution < -0.4 is 14.8 Å². The van der Waals surface area contributed by atoms with E-state index in [2.05, 4.69) is 12.2 Å². The molecule has 1 aliphatic heterocycles. The summed E-state index contributed by atoms with van der Waals surface area (Å²) in [4.78, 5) is 12.8. The van der Waals surface area contributed by atoms with Gasteiger partial charge in [0.15, 0.2) is 11.5 Å². The number of nitrogens with one attached hydrogen (secondary N) is 1. The van der Waals surface area contributed by atoms with Crippen LogP contribution in [0.5, 0.6) is 11.5 Å². The zero-order valence-electron chi connectivity index (χ0n) is 19.0. The first-order valence-corrected chi connectivity index (χ1v) is 12.4. The van der Waals surface area contributed by atoms with Crippen LogP contribution >= 0.6 is 0 Å². The fourth-order valence-electron chi connectivity index (χ4n) is 3.86. The monoisotopic (exact) mass is 460 g/mol. The molecule has 8 heteroatoms. The summed E-state index contributed by atoms with van der Waals surface area (Å²) in [5, 5.41) is 2.97. The lowest BCUT2D eigenvalue weighted by Crippen LogP contribution is -2.41. The largest absolute Gasteiger partial charge is 0.493 e. The molecule has 2 aromatic rings. The number of nitrogens with zero attached hydrogens (tertiary/aromatic N) is 1. The lowest BCUT2D eigenvalue weighted by Gasteiger charge is -2.30. The summed E-state index contributed by atoms with van der Waals surface area (Å²) < 4.78 is 38.0. The molecule has 32 heavy (non-hydrogen) atoms. The van der Waals surface area contributed by atoms with Crippen LogP contribution in [0.25, 0.3) is 0 Å². The third kappa shape index (κ3) is 5.61. The molecule has 3 rings (SSSR count). The molecular weight excluding hydrogens is 428 g/mol. The summed E-state index contributed by atoms with van der Waals surface area (Å²) in [6, 6.07) is 12.5. The molecule has 1 N–H and O–H groups in total. The number of rotatable bonds is 9. The van der Waals surface area contributed by atoms with Gasteiger partial charge in [-0.25, -0.2) is 8.42 Å². The van der Waals surface area contributed by atoms with Crippen LogP contribution in [0.1, 0.15) is 38.2 Å². The zero-order chi connectivity index (χ0) is 23.1. The number of amides is 1. The molecule has 2 aromatic carbocycles. The second-order valence-corrected chi connectivity index (χ2v) is 9.92. The minimum absolute atomic E-state index is 0.0607. The Bertz CT molecular complexity index is 1010. The van der Waals surface area contributed by atoms with Crippen molar-refractivity contribution >= 4 is 21.6 Å². The number of hydrogen-bond acceptors (Lipinski definition) is 5. The quantitative estimate of drug-likeness (QED) is 0.609. The lowest BCUT2D eigenvalue weighted by atomic mass is 9.97. The van der Waals surface area contributed by atoms with Gasteiger partial charge in [0, 0.05) is 30.8 Å². The van der Waals surface area contributed by atoms with Crippen molar-refractivity contribution in [2.75, 3.05) is 32.6 Å². The maximum atomic E-state index is 13.1. The topological polar surface area (TPSA) is 84.9 Å². The van der Waals surface area contributed by atoms with Gasteiger partial charge in [-0.15, -0.1) is 0 Å². The first kappa shape index (κ1) is 24.1. The van der Waals surface area contributed by atoms with Gasteiger partial charge in [0.1, 0.15) is 0 Å². The standard InChI is InChI=1S/C24H32N2O5S/c1-4-5-6-18-7-9-20(10-8-18)25-24(27)19-13-15-26(16-14-19)32(28,29)21-11-12-22(30-2)23(17-21)31-3/h7-12,17,19H,4-6,13-16H2,1-3H3,(H,25,27). The van der Waals surface area contributed by atoms with Crippen LogP contribution in [0.3, 0.4) is 0 Å². The molecule has 1 saturated heterocycles. The van der Waals surface area contributed by atoms with Crippen LogP contribution in [-0.4, -0.2) is 45.9 Å². The third-order valence-electron chi connectivity index (χ3n) is 5.86. The van der Waals surface area contributed by atoms with Crippen molar-refractivity contribution in [1.29, 1.82) is 0 Å². The van der Waals surface area contributed by atoms with Crippen molar-refractivity contribution in [1.82, 2.24) is 4.31 Å². The molecule has 1 aliphatic rings. The predicted molar refractivity (Wildman–Crippen MR) is 125 cm³/mol. The summed E-state index contributed by atoms with van der Waals surface area (Å²) >= 11 is 0. The van der Waals surface area contributed by atoms with E-state index in [1.807, 2.05) is 24.3 Å². The van der Waals surface area contributed by atoms with Crippen LogP contribution in [0, 0.1) is 5.92 Å². The first-order valence-electron chi connectivity index (χ1n) is 11.0. The van der Waals surface area contributed by atoms with Crippen molar-refractivity contribution in [2.24, 2.45) is 5.92 Å². The molecule has 0 saturated carbocycles. The molecule has 1 fully saturated rings. The Kier molecular flexibility index (Phi) is 8.15. The molecule has 7 nitrogen and oxygen atoms in total. The molecule has 0 aromatic heterocycles. The van der Waals surface area contributed by atoms with Crippen molar-refractivity contribution in [3.05, 3.63) is 48.0 Å². The smallest absolute Gasteiger partial charge is 0.243 e. The Morgan fingerprint density at radius 1 is 1.03 bits per heavy atom. The summed E-state index contributed by atoms with van der Waals surface area (Å²) in [5.41, 5.74) is 2.04. The summed E-state index contributed by atoms with van der Waals surface area (Å²) in [7, 11) is -0.702. The molecule has 0 aliphatic carbocycles. The van der Waals surface area contributed by atoms with Gasteiger partial charge in [0.2, 0.25) is 15.9 Å². The SMILES string of the molecule is CCCCc1ccc(NC(=O)C2CCN(S(=O)(=O)c3ccc(OC)c(OC)c3)CC2)cc1. The van der Waals surface area contributed by atoms with Gasteiger partial charge in [-0.2, -0.15) is 4.31 Å². The predicted octanol–water partition coefficient (Wildman–Crippen LogP) is 4.09. The van der Waals surface area contributed by atoms with E-state index >= 15 is 0 Å². The van der Waals surface area contributed by atoms with Gasteiger partial charge in [-0.3, -0.25) is 4.79 Å². The first-order chi connectivity index (χ1) is 15.4. The minimum Gasteiger partial charge on any atom is -0.493 e. The van der Waals surface area contributed by atoms with Crippen molar-refractivity contribution < 1.29 is 22.7 Å². The molecule has 1 amide bonds. The molecule has 0 spiro atoms. The Morgan fingerprint density at radius 2 is 1.69 bits per heavy atom. The lowest BCUT2D eigenvalue weighted by molar-refractivity contribution is -0.120. The molecule has 0 bridgehead atoms. The maximum Gasteiger partial charge on any atom is 0.243 e. The van der Waals surface area contributed by atoms with E-state index in [0.29, 0.717) is 37.4 Å². The minimum atomic E-state index is -3.67.